The molecule has 6 rings (SSSR count). The summed E-state index contributed by atoms with van der Waals surface area (Å²) in [6, 6.07) is 13.8. The molecule has 4 N–H and O–H groups in total. The molecule has 0 spiro atoms. The monoisotopic (exact) mass is 610 g/mol. The van der Waals surface area contributed by atoms with Crippen molar-refractivity contribution in [1.29, 1.82) is 0 Å². The van der Waals surface area contributed by atoms with Crippen molar-refractivity contribution >= 4 is 22.8 Å². The van der Waals surface area contributed by atoms with Gasteiger partial charge in [-0.25, -0.2) is 27.5 Å². The number of alkyl halides is 4. The number of carbonyl (C=O) groups is 2. The normalized spacial score (nSPS) is 18.7. The quantitative estimate of drug-likeness (QED) is 0.170. The number of H-pyrrole nitrogens is 2. The molecule has 0 saturated heterocycles. The van der Waals surface area contributed by atoms with E-state index < -0.39 is 23.7 Å². The summed E-state index contributed by atoms with van der Waals surface area (Å²) in [5.41, 5.74) is 5.23. The Morgan fingerprint density at radius 2 is 1.25 bits per heavy atom. The lowest BCUT2D eigenvalue weighted by atomic mass is 9.86. The zero-order valence-electron chi connectivity index (χ0n) is 24.1. The molecule has 2 amide bonds. The third kappa shape index (κ3) is 6.95. The molecule has 0 aliphatic heterocycles. The maximum Gasteiger partial charge on any atom is 0.248 e. The number of aromatic nitrogens is 4. The van der Waals surface area contributed by atoms with E-state index in [2.05, 4.69) is 30.6 Å². The lowest BCUT2D eigenvalue weighted by Gasteiger charge is -2.27. The number of imidazole rings is 2. The summed E-state index contributed by atoms with van der Waals surface area (Å²) in [6.07, 6.45) is 1.44. The van der Waals surface area contributed by atoms with Crippen molar-refractivity contribution in [2.24, 2.45) is 11.8 Å². The van der Waals surface area contributed by atoms with Crippen LogP contribution in [0.15, 0.2) is 48.7 Å². The van der Waals surface area contributed by atoms with Gasteiger partial charge in [0.15, 0.2) is 0 Å². The molecule has 4 aromatic rings. The second kappa shape index (κ2) is 12.0. The van der Waals surface area contributed by atoms with Crippen molar-refractivity contribution in [1.82, 2.24) is 30.6 Å². The molecule has 2 heterocycles. The first-order valence-corrected chi connectivity index (χ1v) is 15.0. The smallest absolute Gasteiger partial charge is 0.248 e. The number of fused-ring (bicyclic) bond motifs is 1. The van der Waals surface area contributed by atoms with E-state index in [0.29, 0.717) is 11.6 Å². The van der Waals surface area contributed by atoms with Gasteiger partial charge in [0.05, 0.1) is 36.0 Å². The van der Waals surface area contributed by atoms with Crippen LogP contribution >= 0.6 is 0 Å². The van der Waals surface area contributed by atoms with E-state index in [-0.39, 0.29) is 76.3 Å². The van der Waals surface area contributed by atoms with Crippen LogP contribution in [0.25, 0.3) is 33.4 Å². The van der Waals surface area contributed by atoms with Crippen LogP contribution in [0.5, 0.6) is 0 Å². The first-order chi connectivity index (χ1) is 21.0. The number of carbonyl (C=O) groups excluding carboxylic acids is 2. The van der Waals surface area contributed by atoms with Crippen molar-refractivity contribution < 1.29 is 27.2 Å². The highest BCUT2D eigenvalue weighted by Crippen LogP contribution is 2.37. The summed E-state index contributed by atoms with van der Waals surface area (Å²) >= 11 is 0. The third-order valence-corrected chi connectivity index (χ3v) is 8.72. The zero-order chi connectivity index (χ0) is 30.9. The summed E-state index contributed by atoms with van der Waals surface area (Å²) in [5, 5.41) is 5.63. The van der Waals surface area contributed by atoms with Crippen LogP contribution in [0.1, 0.15) is 63.0 Å². The van der Waals surface area contributed by atoms with Gasteiger partial charge in [0.1, 0.15) is 11.6 Å². The standard InChI is InChI=1S/C32H34F4N6O2/c33-31(34)11-7-21(8-12-31)29(43)38-17-27-37-16-26(42-27)20-3-1-19(2-4-20)23-5-6-24-25(15-23)41-28(40-24)18-39-30(44)22-9-13-32(35,36)14-10-22/h1-6,15-16,21-22H,7-14,17-18H2,(H,37,42)(H,38,43)(H,39,44)(H,40,41). The van der Waals surface area contributed by atoms with E-state index in [4.69, 9.17) is 0 Å². The number of nitrogens with zero attached hydrogens (tertiary/aromatic N) is 2. The number of nitrogens with one attached hydrogen (secondary N) is 4. The van der Waals surface area contributed by atoms with Crippen LogP contribution in [-0.2, 0) is 22.7 Å². The average molecular weight is 611 g/mol. The van der Waals surface area contributed by atoms with Gasteiger partial charge in [0.2, 0.25) is 23.7 Å². The Kier molecular flexibility index (Phi) is 8.17. The molecular formula is C32H34F4N6O2. The molecule has 12 heteroatoms. The fraction of sp³-hybridized carbons (Fsp3) is 0.438. The largest absolute Gasteiger partial charge is 0.349 e. The van der Waals surface area contributed by atoms with Crippen LogP contribution in [0.2, 0.25) is 0 Å². The highest BCUT2D eigenvalue weighted by atomic mass is 19.3. The first-order valence-electron chi connectivity index (χ1n) is 15.0. The van der Waals surface area contributed by atoms with Crippen molar-refractivity contribution in [3.8, 4) is 22.4 Å². The Balaban J connectivity index is 1.03. The SMILES string of the molecule is O=C(NCc1ncc(-c2ccc(-c3ccc4nc(CNC(=O)C5CCC(F)(F)CC5)[nH]c4c3)cc2)[nH]1)C1CCC(F)(F)CC1. The highest BCUT2D eigenvalue weighted by molar-refractivity contribution is 5.83. The molecule has 0 atom stereocenters. The minimum absolute atomic E-state index is 0.189. The summed E-state index contributed by atoms with van der Waals surface area (Å²) in [5.74, 6) is -5.38. The van der Waals surface area contributed by atoms with Gasteiger partial charge in [0, 0.05) is 37.5 Å². The van der Waals surface area contributed by atoms with E-state index in [1.165, 1.54) is 0 Å². The van der Waals surface area contributed by atoms with E-state index in [1.807, 2.05) is 42.5 Å². The van der Waals surface area contributed by atoms with Gasteiger partial charge in [-0.3, -0.25) is 9.59 Å². The van der Waals surface area contributed by atoms with Gasteiger partial charge < -0.3 is 20.6 Å². The number of halogens is 4. The van der Waals surface area contributed by atoms with Crippen molar-refractivity contribution in [3.63, 3.8) is 0 Å². The Morgan fingerprint density at radius 1 is 0.727 bits per heavy atom. The van der Waals surface area contributed by atoms with Crippen LogP contribution < -0.4 is 10.6 Å². The van der Waals surface area contributed by atoms with Gasteiger partial charge in [0.25, 0.3) is 0 Å². The third-order valence-electron chi connectivity index (χ3n) is 8.72. The Hall–Kier alpha value is -4.22. The number of amides is 2. The molecule has 0 radical (unpaired) electrons. The number of hydrogen-bond donors (Lipinski definition) is 4. The van der Waals surface area contributed by atoms with E-state index >= 15 is 0 Å². The molecule has 2 aliphatic carbocycles. The number of aromatic amines is 2. The molecule has 0 bridgehead atoms. The summed E-state index contributed by atoms with van der Waals surface area (Å²) < 4.78 is 53.6. The van der Waals surface area contributed by atoms with Gasteiger partial charge in [-0.2, -0.15) is 0 Å². The van der Waals surface area contributed by atoms with E-state index in [9.17, 15) is 27.2 Å². The van der Waals surface area contributed by atoms with Crippen LogP contribution in [-0.4, -0.2) is 43.6 Å². The average Bonchev–Trinajstić information content (AvgIpc) is 3.65. The van der Waals surface area contributed by atoms with E-state index in [1.54, 1.807) is 6.20 Å². The molecule has 2 aliphatic rings. The fourth-order valence-corrected chi connectivity index (χ4v) is 6.00. The topological polar surface area (TPSA) is 116 Å². The molecule has 8 nitrogen and oxygen atoms in total. The minimum Gasteiger partial charge on any atom is -0.349 e. The maximum absolute atomic E-state index is 13.4. The molecule has 2 aromatic carbocycles. The van der Waals surface area contributed by atoms with Crippen molar-refractivity contribution in [2.45, 2.75) is 76.3 Å². The first kappa shape index (κ1) is 29.8. The van der Waals surface area contributed by atoms with Crippen molar-refractivity contribution in [3.05, 3.63) is 60.3 Å². The fourth-order valence-electron chi connectivity index (χ4n) is 6.00. The molecule has 2 aromatic heterocycles. The predicted molar refractivity (Wildman–Crippen MR) is 157 cm³/mol. The van der Waals surface area contributed by atoms with Crippen LogP contribution in [0.3, 0.4) is 0 Å². The van der Waals surface area contributed by atoms with E-state index in [0.717, 1.165) is 33.4 Å². The molecule has 44 heavy (non-hydrogen) atoms. The minimum atomic E-state index is -2.67. The lowest BCUT2D eigenvalue weighted by molar-refractivity contribution is -0.130. The Labute approximate surface area is 251 Å². The summed E-state index contributed by atoms with van der Waals surface area (Å²) in [6.45, 7) is 0.388. The molecule has 2 fully saturated rings. The second-order valence-electron chi connectivity index (χ2n) is 11.9. The summed E-state index contributed by atoms with van der Waals surface area (Å²) in [4.78, 5) is 40.2. The predicted octanol–water partition coefficient (Wildman–Crippen LogP) is 6.50. The number of rotatable bonds is 8. The number of benzene rings is 2. The lowest BCUT2D eigenvalue weighted by Crippen LogP contribution is -2.35. The Morgan fingerprint density at radius 3 is 1.84 bits per heavy atom. The van der Waals surface area contributed by atoms with Gasteiger partial charge in [-0.15, -0.1) is 0 Å². The van der Waals surface area contributed by atoms with Crippen LogP contribution in [0, 0.1) is 11.8 Å². The number of hydrogen-bond acceptors (Lipinski definition) is 4. The molecule has 232 valence electrons. The Bertz CT molecular complexity index is 1630. The van der Waals surface area contributed by atoms with Crippen LogP contribution in [0.4, 0.5) is 17.6 Å². The summed E-state index contributed by atoms with van der Waals surface area (Å²) in [7, 11) is 0. The molecule has 2 saturated carbocycles. The zero-order valence-corrected chi connectivity index (χ0v) is 24.1. The van der Waals surface area contributed by atoms with Gasteiger partial charge in [-0.05, 0) is 54.5 Å². The maximum atomic E-state index is 13.4. The van der Waals surface area contributed by atoms with Crippen molar-refractivity contribution in [2.75, 3.05) is 0 Å². The van der Waals surface area contributed by atoms with Gasteiger partial charge >= 0.3 is 0 Å². The molecule has 0 unspecified atom stereocenters. The van der Waals surface area contributed by atoms with Gasteiger partial charge in [-0.1, -0.05) is 30.3 Å². The highest BCUT2D eigenvalue weighted by Gasteiger charge is 2.38. The molecular weight excluding hydrogens is 576 g/mol. The second-order valence-corrected chi connectivity index (χ2v) is 11.9.